The maximum atomic E-state index is 3.49. The van der Waals surface area contributed by atoms with E-state index in [0.29, 0.717) is 0 Å². The molecular formula is C3H7K. The van der Waals surface area contributed by atoms with Crippen LogP contribution in [0.5, 0.6) is 0 Å². The Labute approximate surface area is 70.4 Å². The van der Waals surface area contributed by atoms with Crippen LogP contribution in [-0.4, -0.2) is 0 Å². The van der Waals surface area contributed by atoms with Crippen LogP contribution in [0.15, 0.2) is 0 Å². The minimum absolute atomic E-state index is 0. The van der Waals surface area contributed by atoms with Crippen LogP contribution >= 0.6 is 0 Å². The van der Waals surface area contributed by atoms with Gasteiger partial charge in [0.2, 0.25) is 0 Å². The topological polar surface area (TPSA) is 0 Å². The molecule has 4 heavy (non-hydrogen) atoms. The van der Waals surface area contributed by atoms with Crippen molar-refractivity contribution in [2.45, 2.75) is 13.3 Å². The maximum absolute atomic E-state index is 3.49. The molecule has 0 aromatic rings. The second-order valence-electron chi connectivity index (χ2n) is 0.500. The van der Waals surface area contributed by atoms with Crippen LogP contribution in [0.4, 0.5) is 0 Å². The Morgan fingerprint density at radius 2 is 1.75 bits per heavy atom. The molecule has 0 heterocycles. The molecule has 0 amide bonds. The van der Waals surface area contributed by atoms with Crippen molar-refractivity contribution in [3.63, 3.8) is 0 Å². The summed E-state index contributed by atoms with van der Waals surface area (Å²) in [5, 5.41) is 0. The number of hydrogen-bond acceptors (Lipinski definition) is 0. The third-order valence-corrected chi connectivity index (χ3v) is 0. The van der Waals surface area contributed by atoms with Gasteiger partial charge in [0.15, 0.2) is 0 Å². The quantitative estimate of drug-likeness (QED) is 0.240. The van der Waals surface area contributed by atoms with E-state index in [0.717, 1.165) is 6.42 Å². The molecule has 0 spiro atoms. The van der Waals surface area contributed by atoms with Gasteiger partial charge in [0.1, 0.15) is 0 Å². The summed E-state index contributed by atoms with van der Waals surface area (Å²) in [6, 6.07) is 0. The summed E-state index contributed by atoms with van der Waals surface area (Å²) in [5.74, 6) is 0. The van der Waals surface area contributed by atoms with Crippen LogP contribution in [0.2, 0.25) is 0 Å². The van der Waals surface area contributed by atoms with Gasteiger partial charge in [-0.3, -0.25) is 0 Å². The zero-order chi connectivity index (χ0) is 2.71. The van der Waals surface area contributed by atoms with Crippen LogP contribution < -0.4 is 51.4 Å². The van der Waals surface area contributed by atoms with Crippen LogP contribution in [0.25, 0.3) is 0 Å². The molecule has 0 nitrogen and oxygen atoms in total. The Morgan fingerprint density at radius 1 is 1.75 bits per heavy atom. The van der Waals surface area contributed by atoms with Gasteiger partial charge < -0.3 is 6.92 Å². The standard InChI is InChI=1S/C3H7.K/c1-3-2;/h1,3H2,2H3;/q-1;+1. The van der Waals surface area contributed by atoms with Gasteiger partial charge in [-0.2, -0.15) is 6.42 Å². The Hall–Kier alpha value is 1.64. The monoisotopic (exact) mass is 82.0 g/mol. The molecule has 0 unspecified atom stereocenters. The molecule has 0 fully saturated rings. The van der Waals surface area contributed by atoms with Crippen molar-refractivity contribution < 1.29 is 51.4 Å². The van der Waals surface area contributed by atoms with Gasteiger partial charge >= 0.3 is 51.4 Å². The van der Waals surface area contributed by atoms with Gasteiger partial charge in [-0.15, -0.1) is 0 Å². The third kappa shape index (κ3) is 9.44. The van der Waals surface area contributed by atoms with E-state index >= 15 is 0 Å². The number of hydrogen-bond donors (Lipinski definition) is 0. The van der Waals surface area contributed by atoms with Crippen LogP contribution in [0.1, 0.15) is 13.3 Å². The van der Waals surface area contributed by atoms with Gasteiger partial charge in [-0.25, -0.2) is 0 Å². The van der Waals surface area contributed by atoms with Crippen LogP contribution in [-0.2, 0) is 0 Å². The summed E-state index contributed by atoms with van der Waals surface area (Å²) in [4.78, 5) is 0. The van der Waals surface area contributed by atoms with Crippen molar-refractivity contribution in [3.8, 4) is 0 Å². The molecule has 20 valence electrons. The first-order chi connectivity index (χ1) is 1.41. The average Bonchev–Trinajstić information content (AvgIpc) is 0.918. The average molecular weight is 82.2 g/mol. The van der Waals surface area contributed by atoms with Crippen molar-refractivity contribution in [2.24, 2.45) is 0 Å². The minimum atomic E-state index is 0. The molecule has 0 aliphatic heterocycles. The van der Waals surface area contributed by atoms with Crippen LogP contribution in [0.3, 0.4) is 0 Å². The minimum Gasteiger partial charge on any atom is -0.344 e. The van der Waals surface area contributed by atoms with E-state index in [1.54, 1.807) is 0 Å². The summed E-state index contributed by atoms with van der Waals surface area (Å²) in [7, 11) is 0. The number of rotatable bonds is 0. The Kier molecular flexibility index (Phi) is 20.2. The van der Waals surface area contributed by atoms with E-state index in [4.69, 9.17) is 0 Å². The van der Waals surface area contributed by atoms with Gasteiger partial charge in [-0.05, 0) is 0 Å². The van der Waals surface area contributed by atoms with Crippen molar-refractivity contribution in [1.29, 1.82) is 0 Å². The zero-order valence-electron chi connectivity index (χ0n) is 3.41. The fourth-order valence-electron chi connectivity index (χ4n) is 0. The molecule has 0 aromatic heterocycles. The SMILES string of the molecule is [CH2-]CC.[K+]. The molecule has 0 saturated heterocycles. The Balaban J connectivity index is 0. The summed E-state index contributed by atoms with van der Waals surface area (Å²) in [6.45, 7) is 5.50. The summed E-state index contributed by atoms with van der Waals surface area (Å²) in [5.41, 5.74) is 0. The van der Waals surface area contributed by atoms with Crippen LogP contribution in [0, 0.1) is 6.92 Å². The first kappa shape index (κ1) is 9.16. The van der Waals surface area contributed by atoms with Gasteiger partial charge in [0, 0.05) is 0 Å². The molecule has 0 atom stereocenters. The first-order valence-corrected chi connectivity index (χ1v) is 1.21. The third-order valence-electron chi connectivity index (χ3n) is 0. The molecule has 0 aliphatic rings. The van der Waals surface area contributed by atoms with E-state index < -0.39 is 0 Å². The molecule has 1 heteroatoms. The summed E-state index contributed by atoms with van der Waals surface area (Å²) < 4.78 is 0. The molecule has 0 saturated carbocycles. The second-order valence-corrected chi connectivity index (χ2v) is 0.500. The molecular weight excluding hydrogens is 75.1 g/mol. The zero-order valence-corrected chi connectivity index (χ0v) is 6.54. The van der Waals surface area contributed by atoms with E-state index in [1.807, 2.05) is 6.92 Å². The van der Waals surface area contributed by atoms with Gasteiger partial charge in [0.05, 0.1) is 0 Å². The largest absolute Gasteiger partial charge is 1.00 e. The predicted molar refractivity (Wildman–Crippen MR) is 15.6 cm³/mol. The molecule has 0 aliphatic carbocycles. The van der Waals surface area contributed by atoms with E-state index in [-0.39, 0.29) is 51.4 Å². The predicted octanol–water partition coefficient (Wildman–Crippen LogP) is -1.77. The van der Waals surface area contributed by atoms with Crippen molar-refractivity contribution in [3.05, 3.63) is 6.92 Å². The Morgan fingerprint density at radius 3 is 1.75 bits per heavy atom. The molecule has 0 rings (SSSR count). The second kappa shape index (κ2) is 8.82. The van der Waals surface area contributed by atoms with E-state index in [2.05, 4.69) is 6.92 Å². The fourth-order valence-corrected chi connectivity index (χ4v) is 0. The van der Waals surface area contributed by atoms with E-state index in [1.165, 1.54) is 0 Å². The van der Waals surface area contributed by atoms with Crippen molar-refractivity contribution in [1.82, 2.24) is 0 Å². The van der Waals surface area contributed by atoms with E-state index in [9.17, 15) is 0 Å². The van der Waals surface area contributed by atoms with Crippen molar-refractivity contribution in [2.75, 3.05) is 0 Å². The fraction of sp³-hybridized carbons (Fsp3) is 0.667. The van der Waals surface area contributed by atoms with Gasteiger partial charge in [0.25, 0.3) is 0 Å². The summed E-state index contributed by atoms with van der Waals surface area (Å²) in [6.07, 6.45) is 1.00. The normalized spacial score (nSPS) is 4.50. The molecule has 0 bridgehead atoms. The molecule has 0 N–H and O–H groups in total. The molecule has 0 radical (unpaired) electrons. The Bertz CT molecular complexity index is 3.25. The first-order valence-electron chi connectivity index (χ1n) is 1.21. The maximum Gasteiger partial charge on any atom is 1.00 e. The molecule has 0 aromatic carbocycles. The van der Waals surface area contributed by atoms with Crippen molar-refractivity contribution >= 4 is 0 Å². The summed E-state index contributed by atoms with van der Waals surface area (Å²) >= 11 is 0. The van der Waals surface area contributed by atoms with Gasteiger partial charge in [-0.1, -0.05) is 6.92 Å². The smallest absolute Gasteiger partial charge is 0.344 e.